The monoisotopic (exact) mass is 400 g/mol. The third-order valence-corrected chi connectivity index (χ3v) is 6.41. The zero-order chi connectivity index (χ0) is 20.5. The van der Waals surface area contributed by atoms with Crippen LogP contribution in [0, 0.1) is 23.2 Å². The first-order valence-electron chi connectivity index (χ1n) is 10.4. The van der Waals surface area contributed by atoms with E-state index in [0.29, 0.717) is 23.1 Å². The average Bonchev–Trinajstić information content (AvgIpc) is 3.50. The van der Waals surface area contributed by atoms with Crippen LogP contribution < -0.4 is 5.32 Å². The van der Waals surface area contributed by atoms with E-state index in [4.69, 9.17) is 5.26 Å². The van der Waals surface area contributed by atoms with Gasteiger partial charge in [-0.1, -0.05) is 12.1 Å². The summed E-state index contributed by atoms with van der Waals surface area (Å²) in [6.45, 7) is 2.93. The van der Waals surface area contributed by atoms with Gasteiger partial charge in [-0.3, -0.25) is 9.69 Å². The van der Waals surface area contributed by atoms with E-state index in [-0.39, 0.29) is 11.9 Å². The number of rotatable bonds is 5. The van der Waals surface area contributed by atoms with Crippen LogP contribution in [0.15, 0.2) is 55.2 Å². The molecule has 3 heterocycles. The van der Waals surface area contributed by atoms with Crippen molar-refractivity contribution in [2.75, 3.05) is 13.1 Å². The van der Waals surface area contributed by atoms with Crippen LogP contribution in [0.25, 0.3) is 5.69 Å². The molecule has 7 heteroatoms. The van der Waals surface area contributed by atoms with Gasteiger partial charge < -0.3 is 14.9 Å². The standard InChI is InChI=1S/C23H24N6O/c24-10-17-9-21(26-11-17)23(30)27-22-18-3-4-19(22)14-28(13-18)12-16-1-5-20(6-2-16)29-8-7-25-15-29/h1-2,5-9,11,15,18-19,22,26H,3-4,12-14H2,(H,27,30)/t18-,19+,22?. The van der Waals surface area contributed by atoms with Crippen molar-refractivity contribution in [1.82, 2.24) is 24.8 Å². The van der Waals surface area contributed by atoms with Crippen LogP contribution in [-0.4, -0.2) is 44.5 Å². The van der Waals surface area contributed by atoms with Gasteiger partial charge in [-0.25, -0.2) is 4.98 Å². The van der Waals surface area contributed by atoms with Crippen LogP contribution in [-0.2, 0) is 6.54 Å². The number of carbonyl (C=O) groups excluding carboxylic acids is 1. The molecular formula is C23H24N6O. The molecule has 1 unspecified atom stereocenters. The molecule has 1 aromatic carbocycles. The van der Waals surface area contributed by atoms with Crippen molar-refractivity contribution >= 4 is 5.91 Å². The molecule has 2 aliphatic rings. The van der Waals surface area contributed by atoms with Crippen molar-refractivity contribution in [3.8, 4) is 11.8 Å². The van der Waals surface area contributed by atoms with Crippen molar-refractivity contribution in [1.29, 1.82) is 5.26 Å². The molecule has 1 saturated heterocycles. The summed E-state index contributed by atoms with van der Waals surface area (Å²) in [7, 11) is 0. The minimum atomic E-state index is -0.109. The molecule has 2 fully saturated rings. The van der Waals surface area contributed by atoms with Gasteiger partial charge >= 0.3 is 0 Å². The molecule has 1 amide bonds. The quantitative estimate of drug-likeness (QED) is 0.689. The summed E-state index contributed by atoms with van der Waals surface area (Å²) < 4.78 is 2.00. The Hall–Kier alpha value is -3.37. The van der Waals surface area contributed by atoms with E-state index in [1.807, 2.05) is 10.8 Å². The Balaban J connectivity index is 1.20. The van der Waals surface area contributed by atoms with Crippen molar-refractivity contribution in [2.24, 2.45) is 11.8 Å². The number of hydrogen-bond acceptors (Lipinski definition) is 4. The summed E-state index contributed by atoms with van der Waals surface area (Å²) in [5.41, 5.74) is 3.36. The lowest BCUT2D eigenvalue weighted by Crippen LogP contribution is -2.52. The summed E-state index contributed by atoms with van der Waals surface area (Å²) >= 11 is 0. The molecule has 2 bridgehead atoms. The van der Waals surface area contributed by atoms with Crippen molar-refractivity contribution in [3.05, 3.63) is 72.1 Å². The number of carbonyl (C=O) groups is 1. The molecule has 7 nitrogen and oxygen atoms in total. The number of likely N-dealkylation sites (tertiary alicyclic amines) is 1. The number of amides is 1. The van der Waals surface area contributed by atoms with Gasteiger partial charge in [-0.2, -0.15) is 5.26 Å². The van der Waals surface area contributed by atoms with Gasteiger partial charge in [-0.05, 0) is 48.4 Å². The smallest absolute Gasteiger partial charge is 0.267 e. The molecule has 3 atom stereocenters. The number of nitrogens with zero attached hydrogens (tertiary/aromatic N) is 4. The van der Waals surface area contributed by atoms with Gasteiger partial charge in [0.1, 0.15) is 11.8 Å². The van der Waals surface area contributed by atoms with Gasteiger partial charge in [0.25, 0.3) is 5.91 Å². The van der Waals surface area contributed by atoms with E-state index < -0.39 is 0 Å². The zero-order valence-corrected chi connectivity index (χ0v) is 16.7. The number of fused-ring (bicyclic) bond motifs is 2. The molecule has 3 aromatic rings. The van der Waals surface area contributed by atoms with Crippen LogP contribution >= 0.6 is 0 Å². The number of hydrogen-bond donors (Lipinski definition) is 2. The molecule has 2 N–H and O–H groups in total. The zero-order valence-electron chi connectivity index (χ0n) is 16.7. The predicted octanol–water partition coefficient (Wildman–Crippen LogP) is 2.71. The molecule has 30 heavy (non-hydrogen) atoms. The van der Waals surface area contributed by atoms with Crippen LogP contribution in [0.4, 0.5) is 0 Å². The Bertz CT molecular complexity index is 1050. The molecule has 152 valence electrons. The predicted molar refractivity (Wildman–Crippen MR) is 112 cm³/mol. The lowest BCUT2D eigenvalue weighted by atomic mass is 9.91. The summed E-state index contributed by atoms with van der Waals surface area (Å²) in [4.78, 5) is 22.1. The highest BCUT2D eigenvalue weighted by atomic mass is 16.2. The van der Waals surface area contributed by atoms with Crippen molar-refractivity contribution in [3.63, 3.8) is 0 Å². The Morgan fingerprint density at radius 3 is 2.63 bits per heavy atom. The normalized spacial score (nSPS) is 23.2. The fourth-order valence-electron chi connectivity index (χ4n) is 4.95. The van der Waals surface area contributed by atoms with E-state index in [1.54, 1.807) is 24.8 Å². The molecule has 5 rings (SSSR count). The van der Waals surface area contributed by atoms with E-state index in [2.05, 4.69) is 50.5 Å². The fraction of sp³-hybridized carbons (Fsp3) is 0.348. The maximum Gasteiger partial charge on any atom is 0.267 e. The summed E-state index contributed by atoms with van der Waals surface area (Å²) in [5.74, 6) is 0.841. The number of nitrogens with one attached hydrogen (secondary N) is 2. The number of piperidine rings is 1. The highest BCUT2D eigenvalue weighted by molar-refractivity contribution is 5.93. The molecule has 1 saturated carbocycles. The van der Waals surface area contributed by atoms with Gasteiger partial charge in [0.2, 0.25) is 0 Å². The Morgan fingerprint density at radius 1 is 1.23 bits per heavy atom. The van der Waals surface area contributed by atoms with Crippen molar-refractivity contribution in [2.45, 2.75) is 25.4 Å². The van der Waals surface area contributed by atoms with Crippen molar-refractivity contribution < 1.29 is 4.79 Å². The SMILES string of the molecule is N#Cc1c[nH]c(C(=O)NC2[C@@H]3CC[C@H]2CN(Cc2ccc(-n4ccnc4)cc2)C3)c1. The van der Waals surface area contributed by atoms with Crippen LogP contribution in [0.3, 0.4) is 0 Å². The first-order chi connectivity index (χ1) is 14.7. The number of imidazole rings is 1. The number of nitriles is 1. The molecular weight excluding hydrogens is 376 g/mol. The maximum absolute atomic E-state index is 12.6. The summed E-state index contributed by atoms with van der Waals surface area (Å²) in [5, 5.41) is 12.2. The van der Waals surface area contributed by atoms with Crippen LogP contribution in [0.5, 0.6) is 0 Å². The molecule has 2 aromatic heterocycles. The topological polar surface area (TPSA) is 89.7 Å². The average molecular weight is 400 g/mol. The summed E-state index contributed by atoms with van der Waals surface area (Å²) in [6.07, 6.45) is 9.41. The highest BCUT2D eigenvalue weighted by Gasteiger charge is 2.42. The Labute approximate surface area is 175 Å². The van der Waals surface area contributed by atoms with E-state index >= 15 is 0 Å². The number of aromatic nitrogens is 3. The Kier molecular flexibility index (Phi) is 4.85. The van der Waals surface area contributed by atoms with E-state index in [0.717, 1.165) is 38.2 Å². The van der Waals surface area contributed by atoms with Crippen LogP contribution in [0.2, 0.25) is 0 Å². The molecule has 0 spiro atoms. The number of aromatic amines is 1. The number of H-pyrrole nitrogens is 1. The van der Waals surface area contributed by atoms with Crippen LogP contribution in [0.1, 0.15) is 34.5 Å². The highest BCUT2D eigenvalue weighted by Crippen LogP contribution is 2.37. The molecule has 1 aliphatic carbocycles. The lowest BCUT2D eigenvalue weighted by molar-refractivity contribution is 0.0821. The summed E-state index contributed by atoms with van der Waals surface area (Å²) in [6, 6.07) is 12.5. The lowest BCUT2D eigenvalue weighted by Gasteiger charge is -2.38. The van der Waals surface area contributed by atoms with Gasteiger partial charge in [0.15, 0.2) is 0 Å². The second kappa shape index (κ2) is 7.81. The third-order valence-electron chi connectivity index (χ3n) is 6.41. The third kappa shape index (κ3) is 3.62. The second-order valence-corrected chi connectivity index (χ2v) is 8.34. The maximum atomic E-state index is 12.6. The first-order valence-corrected chi connectivity index (χ1v) is 10.4. The minimum absolute atomic E-state index is 0.109. The van der Waals surface area contributed by atoms with Gasteiger partial charge in [0, 0.05) is 50.0 Å². The molecule has 1 aliphatic heterocycles. The second-order valence-electron chi connectivity index (χ2n) is 8.34. The number of benzene rings is 1. The van der Waals surface area contributed by atoms with E-state index in [9.17, 15) is 4.79 Å². The fourth-order valence-corrected chi connectivity index (χ4v) is 4.95. The van der Waals surface area contributed by atoms with E-state index in [1.165, 1.54) is 5.56 Å². The largest absolute Gasteiger partial charge is 0.356 e. The van der Waals surface area contributed by atoms with Gasteiger partial charge in [-0.15, -0.1) is 0 Å². The minimum Gasteiger partial charge on any atom is -0.356 e. The first kappa shape index (κ1) is 18.6. The molecule has 0 radical (unpaired) electrons. The van der Waals surface area contributed by atoms with Gasteiger partial charge in [0.05, 0.1) is 11.9 Å². The Morgan fingerprint density at radius 2 is 2.00 bits per heavy atom.